The molecule has 0 fully saturated rings. The van der Waals surface area contributed by atoms with Crippen molar-refractivity contribution in [2.45, 2.75) is 40.0 Å². The molecule has 4 heteroatoms. The quantitative estimate of drug-likeness (QED) is 0.901. The molecule has 0 spiro atoms. The minimum absolute atomic E-state index is 0.481. The monoisotopic (exact) mass is 271 g/mol. The molecule has 2 aromatic rings. The van der Waals surface area contributed by atoms with Gasteiger partial charge in [-0.2, -0.15) is 4.98 Å². The summed E-state index contributed by atoms with van der Waals surface area (Å²) in [6, 6.07) is 8.10. The van der Waals surface area contributed by atoms with Gasteiger partial charge in [0.25, 0.3) is 0 Å². The number of aryl methyl sites for hydroxylation is 2. The summed E-state index contributed by atoms with van der Waals surface area (Å²) in [6.45, 7) is 6.03. The van der Waals surface area contributed by atoms with Gasteiger partial charge in [0.1, 0.15) is 17.4 Å². The highest BCUT2D eigenvalue weighted by atomic mass is 16.5. The lowest BCUT2D eigenvalue weighted by Gasteiger charge is -2.11. The number of rotatable bonds is 5. The van der Waals surface area contributed by atoms with E-state index in [4.69, 9.17) is 10.5 Å². The van der Waals surface area contributed by atoms with Crippen LogP contribution < -0.4 is 10.5 Å². The van der Waals surface area contributed by atoms with Gasteiger partial charge in [0, 0.05) is 6.42 Å². The molecule has 106 valence electrons. The molecule has 1 aromatic heterocycles. The van der Waals surface area contributed by atoms with E-state index in [1.807, 2.05) is 26.0 Å². The van der Waals surface area contributed by atoms with Crippen molar-refractivity contribution in [2.75, 3.05) is 5.73 Å². The Labute approximate surface area is 120 Å². The largest absolute Gasteiger partial charge is 0.439 e. The second kappa shape index (κ2) is 6.37. The molecule has 0 saturated carbocycles. The fraction of sp³-hybridized carbons (Fsp3) is 0.375. The average Bonchev–Trinajstić information content (AvgIpc) is 2.46. The minimum Gasteiger partial charge on any atom is -0.439 e. The van der Waals surface area contributed by atoms with Crippen molar-refractivity contribution < 1.29 is 4.74 Å². The maximum Gasteiger partial charge on any atom is 0.227 e. The number of benzene rings is 1. The SMILES string of the molecule is CCCc1ccc(Oc2nc(CC)nc(N)c2C)cc1. The Balaban J connectivity index is 2.22. The zero-order valence-corrected chi connectivity index (χ0v) is 12.3. The van der Waals surface area contributed by atoms with E-state index in [-0.39, 0.29) is 0 Å². The molecule has 0 aliphatic rings. The van der Waals surface area contributed by atoms with Crippen molar-refractivity contribution in [3.63, 3.8) is 0 Å². The number of anilines is 1. The number of ether oxygens (including phenoxy) is 1. The number of nitrogens with two attached hydrogens (primary N) is 1. The van der Waals surface area contributed by atoms with Crippen molar-refractivity contribution >= 4 is 5.82 Å². The van der Waals surface area contributed by atoms with Gasteiger partial charge >= 0.3 is 0 Å². The normalized spacial score (nSPS) is 10.6. The predicted octanol–water partition coefficient (Wildman–Crippen LogP) is 3.67. The van der Waals surface area contributed by atoms with E-state index in [2.05, 4.69) is 29.0 Å². The molecule has 4 nitrogen and oxygen atoms in total. The van der Waals surface area contributed by atoms with E-state index >= 15 is 0 Å². The summed E-state index contributed by atoms with van der Waals surface area (Å²) < 4.78 is 5.83. The molecule has 0 atom stereocenters. The van der Waals surface area contributed by atoms with Gasteiger partial charge in [-0.15, -0.1) is 0 Å². The Hall–Kier alpha value is -2.10. The van der Waals surface area contributed by atoms with Crippen LogP contribution in [0.2, 0.25) is 0 Å². The highest BCUT2D eigenvalue weighted by Gasteiger charge is 2.10. The van der Waals surface area contributed by atoms with Crippen LogP contribution in [0.1, 0.15) is 37.2 Å². The third kappa shape index (κ3) is 3.26. The highest BCUT2D eigenvalue weighted by molar-refractivity contribution is 5.46. The Kier molecular flexibility index (Phi) is 4.56. The fourth-order valence-corrected chi connectivity index (χ4v) is 1.94. The van der Waals surface area contributed by atoms with E-state index < -0.39 is 0 Å². The molecule has 0 unspecified atom stereocenters. The second-order valence-corrected chi connectivity index (χ2v) is 4.80. The van der Waals surface area contributed by atoms with E-state index in [9.17, 15) is 0 Å². The Morgan fingerprint density at radius 1 is 1.10 bits per heavy atom. The summed E-state index contributed by atoms with van der Waals surface area (Å²) in [4.78, 5) is 8.61. The van der Waals surface area contributed by atoms with Gasteiger partial charge in [-0.1, -0.05) is 32.4 Å². The summed E-state index contributed by atoms with van der Waals surface area (Å²) in [5.41, 5.74) is 7.97. The van der Waals surface area contributed by atoms with Gasteiger partial charge in [0.15, 0.2) is 0 Å². The first-order valence-electron chi connectivity index (χ1n) is 7.03. The standard InChI is InChI=1S/C16H21N3O/c1-4-6-12-7-9-13(10-8-12)20-16-11(3)15(17)18-14(5-2)19-16/h7-10H,4-6H2,1-3H3,(H2,17,18,19). The second-order valence-electron chi connectivity index (χ2n) is 4.80. The first-order valence-corrected chi connectivity index (χ1v) is 7.03. The van der Waals surface area contributed by atoms with E-state index in [1.165, 1.54) is 5.56 Å². The number of hydrogen-bond donors (Lipinski definition) is 1. The number of aromatic nitrogens is 2. The third-order valence-electron chi connectivity index (χ3n) is 3.18. The van der Waals surface area contributed by atoms with Gasteiger partial charge in [-0.25, -0.2) is 4.98 Å². The van der Waals surface area contributed by atoms with E-state index in [0.717, 1.165) is 30.6 Å². The molecule has 2 N–H and O–H groups in total. The van der Waals surface area contributed by atoms with Crippen LogP contribution in [0.3, 0.4) is 0 Å². The topological polar surface area (TPSA) is 61.0 Å². The van der Waals surface area contributed by atoms with Gasteiger partial charge in [-0.3, -0.25) is 0 Å². The highest BCUT2D eigenvalue weighted by Crippen LogP contribution is 2.26. The third-order valence-corrected chi connectivity index (χ3v) is 3.18. The first-order chi connectivity index (χ1) is 9.63. The number of nitrogen functional groups attached to an aromatic ring is 1. The smallest absolute Gasteiger partial charge is 0.227 e. The summed E-state index contributed by atoms with van der Waals surface area (Å²) in [6.07, 6.45) is 2.96. The van der Waals surface area contributed by atoms with Crippen LogP contribution in [0.5, 0.6) is 11.6 Å². The van der Waals surface area contributed by atoms with Crippen LogP contribution >= 0.6 is 0 Å². The van der Waals surface area contributed by atoms with Crippen LogP contribution in [-0.2, 0) is 12.8 Å². The molecular formula is C16H21N3O. The average molecular weight is 271 g/mol. The predicted molar refractivity (Wildman–Crippen MR) is 81.1 cm³/mol. The van der Waals surface area contributed by atoms with Crippen molar-refractivity contribution in [1.82, 2.24) is 9.97 Å². The molecule has 0 saturated heterocycles. The van der Waals surface area contributed by atoms with Gasteiger partial charge in [0.05, 0.1) is 5.56 Å². The molecule has 2 rings (SSSR count). The Morgan fingerprint density at radius 2 is 1.80 bits per heavy atom. The van der Waals surface area contributed by atoms with E-state index in [0.29, 0.717) is 17.5 Å². The van der Waals surface area contributed by atoms with Crippen LogP contribution in [-0.4, -0.2) is 9.97 Å². The summed E-state index contributed by atoms with van der Waals surface area (Å²) in [5.74, 6) is 2.49. The lowest BCUT2D eigenvalue weighted by Crippen LogP contribution is -2.04. The van der Waals surface area contributed by atoms with E-state index in [1.54, 1.807) is 0 Å². The molecule has 0 amide bonds. The molecule has 0 radical (unpaired) electrons. The van der Waals surface area contributed by atoms with Crippen LogP contribution in [0.15, 0.2) is 24.3 Å². The van der Waals surface area contributed by atoms with Crippen LogP contribution in [0.25, 0.3) is 0 Å². The summed E-state index contributed by atoms with van der Waals surface area (Å²) >= 11 is 0. The number of nitrogens with zero attached hydrogens (tertiary/aromatic N) is 2. The molecule has 0 bridgehead atoms. The van der Waals surface area contributed by atoms with Gasteiger partial charge in [0.2, 0.25) is 5.88 Å². The van der Waals surface area contributed by atoms with Crippen LogP contribution in [0, 0.1) is 6.92 Å². The van der Waals surface area contributed by atoms with Crippen molar-refractivity contribution in [2.24, 2.45) is 0 Å². The van der Waals surface area contributed by atoms with Crippen molar-refractivity contribution in [3.8, 4) is 11.6 Å². The Morgan fingerprint density at radius 3 is 2.40 bits per heavy atom. The molecule has 1 aromatic carbocycles. The zero-order chi connectivity index (χ0) is 14.5. The summed E-state index contributed by atoms with van der Waals surface area (Å²) in [7, 11) is 0. The van der Waals surface area contributed by atoms with Crippen molar-refractivity contribution in [3.05, 3.63) is 41.2 Å². The molecule has 0 aliphatic carbocycles. The maximum atomic E-state index is 5.88. The maximum absolute atomic E-state index is 5.88. The zero-order valence-electron chi connectivity index (χ0n) is 12.3. The first kappa shape index (κ1) is 14.3. The Bertz CT molecular complexity index is 579. The number of hydrogen-bond acceptors (Lipinski definition) is 4. The lowest BCUT2D eigenvalue weighted by atomic mass is 10.1. The molecule has 20 heavy (non-hydrogen) atoms. The molecule has 1 heterocycles. The van der Waals surface area contributed by atoms with Crippen molar-refractivity contribution in [1.29, 1.82) is 0 Å². The van der Waals surface area contributed by atoms with Gasteiger partial charge in [-0.05, 0) is 31.0 Å². The summed E-state index contributed by atoms with van der Waals surface area (Å²) in [5, 5.41) is 0. The fourth-order valence-electron chi connectivity index (χ4n) is 1.94. The lowest BCUT2D eigenvalue weighted by molar-refractivity contribution is 0.455. The molecular weight excluding hydrogens is 250 g/mol. The molecule has 0 aliphatic heterocycles. The van der Waals surface area contributed by atoms with Crippen LogP contribution in [0.4, 0.5) is 5.82 Å². The van der Waals surface area contributed by atoms with Gasteiger partial charge < -0.3 is 10.5 Å². The minimum atomic E-state index is 0.481.